The highest BCUT2D eigenvalue weighted by Gasteiger charge is 2.23. The number of piperidine rings is 1. The van der Waals surface area contributed by atoms with Crippen LogP contribution in [-0.4, -0.2) is 54.0 Å². The van der Waals surface area contributed by atoms with Crippen molar-refractivity contribution >= 4 is 11.7 Å². The number of nitrogens with one attached hydrogen (secondary N) is 1. The third-order valence-electron chi connectivity index (χ3n) is 3.85. The van der Waals surface area contributed by atoms with Gasteiger partial charge in [-0.1, -0.05) is 36.8 Å². The van der Waals surface area contributed by atoms with Gasteiger partial charge in [0.05, 0.1) is 19.7 Å². The smallest absolute Gasteiger partial charge is 0.234 e. The van der Waals surface area contributed by atoms with Crippen LogP contribution in [0.1, 0.15) is 29.6 Å². The maximum absolute atomic E-state index is 11.9. The van der Waals surface area contributed by atoms with E-state index >= 15 is 0 Å². The van der Waals surface area contributed by atoms with Crippen LogP contribution in [0.5, 0.6) is 0 Å². The normalized spacial score (nSPS) is 19.2. The Bertz CT molecular complexity index is 476. The van der Waals surface area contributed by atoms with Crippen LogP contribution >= 0.6 is 0 Å². The Kier molecular flexibility index (Phi) is 5.90. The molecule has 5 heteroatoms. The van der Waals surface area contributed by atoms with E-state index in [9.17, 15) is 14.7 Å². The van der Waals surface area contributed by atoms with Crippen molar-refractivity contribution in [1.29, 1.82) is 0 Å². The lowest BCUT2D eigenvalue weighted by Gasteiger charge is -2.33. The van der Waals surface area contributed by atoms with Gasteiger partial charge in [-0.25, -0.2) is 0 Å². The van der Waals surface area contributed by atoms with Crippen LogP contribution in [0.25, 0.3) is 0 Å². The maximum atomic E-state index is 11.9. The molecule has 1 fully saturated rings. The zero-order chi connectivity index (χ0) is 15.1. The van der Waals surface area contributed by atoms with Gasteiger partial charge in [-0.3, -0.25) is 14.5 Å². The van der Waals surface area contributed by atoms with Crippen molar-refractivity contribution in [2.24, 2.45) is 0 Å². The standard InChI is InChI=1S/C16H22N2O3/c19-12-14-8-4-5-9-18(14)11-16(21)17-10-15(20)13-6-2-1-3-7-13/h1-3,6-7,14,19H,4-5,8-12H2,(H,17,21)/t14-/m1/s1. The number of rotatable bonds is 6. The number of nitrogens with zero attached hydrogens (tertiary/aromatic N) is 1. The summed E-state index contributed by atoms with van der Waals surface area (Å²) >= 11 is 0. The van der Waals surface area contributed by atoms with E-state index in [1.54, 1.807) is 24.3 Å². The fourth-order valence-corrected chi connectivity index (χ4v) is 2.62. The highest BCUT2D eigenvalue weighted by molar-refractivity contribution is 5.99. The van der Waals surface area contributed by atoms with E-state index in [-0.39, 0.29) is 37.4 Å². The molecule has 114 valence electrons. The average Bonchev–Trinajstić information content (AvgIpc) is 2.54. The number of amides is 1. The number of aliphatic hydroxyl groups is 1. The number of aliphatic hydroxyl groups excluding tert-OH is 1. The van der Waals surface area contributed by atoms with Crippen LogP contribution in [0.4, 0.5) is 0 Å². The Hall–Kier alpha value is -1.72. The SMILES string of the molecule is O=C(CN1CCCC[C@@H]1CO)NCC(=O)c1ccccc1. The summed E-state index contributed by atoms with van der Waals surface area (Å²) < 4.78 is 0. The Morgan fingerprint density at radius 1 is 1.24 bits per heavy atom. The summed E-state index contributed by atoms with van der Waals surface area (Å²) in [7, 11) is 0. The van der Waals surface area contributed by atoms with Gasteiger partial charge in [0, 0.05) is 11.6 Å². The molecule has 1 aliphatic rings. The minimum Gasteiger partial charge on any atom is -0.395 e. The molecule has 2 N–H and O–H groups in total. The van der Waals surface area contributed by atoms with Crippen molar-refractivity contribution in [1.82, 2.24) is 10.2 Å². The fraction of sp³-hybridized carbons (Fsp3) is 0.500. The lowest BCUT2D eigenvalue weighted by Crippen LogP contribution is -2.47. The predicted molar refractivity (Wildman–Crippen MR) is 80.1 cm³/mol. The second kappa shape index (κ2) is 7.90. The summed E-state index contributed by atoms with van der Waals surface area (Å²) in [6, 6.07) is 8.99. The summed E-state index contributed by atoms with van der Waals surface area (Å²) in [4.78, 5) is 25.8. The molecule has 1 saturated heterocycles. The van der Waals surface area contributed by atoms with E-state index in [4.69, 9.17) is 0 Å². The van der Waals surface area contributed by atoms with Crippen LogP contribution in [0, 0.1) is 0 Å². The lowest BCUT2D eigenvalue weighted by molar-refractivity contribution is -0.123. The number of benzene rings is 1. The largest absolute Gasteiger partial charge is 0.395 e. The van der Waals surface area contributed by atoms with Crippen LogP contribution in [0.15, 0.2) is 30.3 Å². The third-order valence-corrected chi connectivity index (χ3v) is 3.85. The van der Waals surface area contributed by atoms with Gasteiger partial charge in [-0.2, -0.15) is 0 Å². The summed E-state index contributed by atoms with van der Waals surface area (Å²) in [5.41, 5.74) is 0.601. The first kappa shape index (κ1) is 15.7. The molecule has 0 radical (unpaired) electrons. The fourth-order valence-electron chi connectivity index (χ4n) is 2.62. The zero-order valence-electron chi connectivity index (χ0n) is 12.1. The number of carbonyl (C=O) groups is 2. The summed E-state index contributed by atoms with van der Waals surface area (Å²) in [5, 5.41) is 12.0. The molecule has 1 aromatic carbocycles. The monoisotopic (exact) mass is 290 g/mol. The van der Waals surface area contributed by atoms with E-state index < -0.39 is 0 Å². The number of hydrogen-bond acceptors (Lipinski definition) is 4. The van der Waals surface area contributed by atoms with Crippen molar-refractivity contribution in [3.63, 3.8) is 0 Å². The van der Waals surface area contributed by atoms with Crippen molar-refractivity contribution in [3.05, 3.63) is 35.9 Å². The van der Waals surface area contributed by atoms with E-state index in [0.717, 1.165) is 25.8 Å². The molecule has 0 aromatic heterocycles. The van der Waals surface area contributed by atoms with Gasteiger partial charge < -0.3 is 10.4 Å². The van der Waals surface area contributed by atoms with Gasteiger partial charge in [0.2, 0.25) is 5.91 Å². The number of likely N-dealkylation sites (tertiary alicyclic amines) is 1. The summed E-state index contributed by atoms with van der Waals surface area (Å²) in [6.07, 6.45) is 3.06. The topological polar surface area (TPSA) is 69.6 Å². The number of hydrogen-bond donors (Lipinski definition) is 2. The van der Waals surface area contributed by atoms with Crippen LogP contribution in [0.2, 0.25) is 0 Å². The lowest BCUT2D eigenvalue weighted by atomic mass is 10.0. The highest BCUT2D eigenvalue weighted by atomic mass is 16.3. The van der Waals surface area contributed by atoms with Crippen LogP contribution < -0.4 is 5.32 Å². The molecule has 1 amide bonds. The van der Waals surface area contributed by atoms with Gasteiger partial charge in [0.25, 0.3) is 0 Å². The molecule has 0 unspecified atom stereocenters. The second-order valence-electron chi connectivity index (χ2n) is 5.37. The first-order valence-electron chi connectivity index (χ1n) is 7.40. The molecule has 5 nitrogen and oxygen atoms in total. The zero-order valence-corrected chi connectivity index (χ0v) is 12.1. The van der Waals surface area contributed by atoms with E-state index in [2.05, 4.69) is 5.32 Å². The number of carbonyl (C=O) groups excluding carboxylic acids is 2. The van der Waals surface area contributed by atoms with Crippen molar-refractivity contribution in [3.8, 4) is 0 Å². The molecule has 0 bridgehead atoms. The van der Waals surface area contributed by atoms with Gasteiger partial charge in [-0.15, -0.1) is 0 Å². The van der Waals surface area contributed by atoms with Crippen molar-refractivity contribution in [2.45, 2.75) is 25.3 Å². The van der Waals surface area contributed by atoms with E-state index in [1.807, 2.05) is 11.0 Å². The number of Topliss-reactive ketones (excluding diaryl/α,β-unsaturated/α-hetero) is 1. The first-order chi connectivity index (χ1) is 10.2. The molecule has 1 heterocycles. The molecule has 1 aliphatic heterocycles. The Morgan fingerprint density at radius 3 is 2.71 bits per heavy atom. The molecule has 0 spiro atoms. The first-order valence-corrected chi connectivity index (χ1v) is 7.40. The minimum atomic E-state index is -0.167. The predicted octanol–water partition coefficient (Wildman–Crippen LogP) is 0.832. The molecule has 0 aliphatic carbocycles. The Morgan fingerprint density at radius 2 is 2.00 bits per heavy atom. The van der Waals surface area contributed by atoms with E-state index in [1.165, 1.54) is 0 Å². The summed E-state index contributed by atoms with van der Waals surface area (Å²) in [5.74, 6) is -0.263. The van der Waals surface area contributed by atoms with Crippen molar-refractivity contribution < 1.29 is 14.7 Å². The van der Waals surface area contributed by atoms with E-state index in [0.29, 0.717) is 5.56 Å². The minimum absolute atomic E-state index is 0.0144. The number of ketones is 1. The quantitative estimate of drug-likeness (QED) is 0.762. The molecule has 0 saturated carbocycles. The van der Waals surface area contributed by atoms with Gasteiger partial charge >= 0.3 is 0 Å². The Labute approximate surface area is 125 Å². The molecular weight excluding hydrogens is 268 g/mol. The molecule has 2 rings (SSSR count). The van der Waals surface area contributed by atoms with Crippen molar-refractivity contribution in [2.75, 3.05) is 26.2 Å². The average molecular weight is 290 g/mol. The van der Waals surface area contributed by atoms with Crippen LogP contribution in [-0.2, 0) is 4.79 Å². The third kappa shape index (κ3) is 4.65. The molecular formula is C16H22N2O3. The summed E-state index contributed by atoms with van der Waals surface area (Å²) in [6.45, 7) is 1.16. The molecule has 21 heavy (non-hydrogen) atoms. The van der Waals surface area contributed by atoms with Gasteiger partial charge in [-0.05, 0) is 19.4 Å². The Balaban J connectivity index is 1.78. The van der Waals surface area contributed by atoms with Gasteiger partial charge in [0.1, 0.15) is 0 Å². The maximum Gasteiger partial charge on any atom is 0.234 e. The molecule has 1 aromatic rings. The van der Waals surface area contributed by atoms with Gasteiger partial charge in [0.15, 0.2) is 5.78 Å². The second-order valence-corrected chi connectivity index (χ2v) is 5.37. The molecule has 1 atom stereocenters. The highest BCUT2D eigenvalue weighted by Crippen LogP contribution is 2.15. The van der Waals surface area contributed by atoms with Crippen LogP contribution in [0.3, 0.4) is 0 Å².